The Hall–Kier alpha value is -4.44. The molecule has 3 aromatic rings. The molecule has 0 unspecified atom stereocenters. The first-order valence-corrected chi connectivity index (χ1v) is 11.1. The topological polar surface area (TPSA) is 124 Å². The van der Waals surface area contributed by atoms with E-state index in [0.717, 1.165) is 4.90 Å². The summed E-state index contributed by atoms with van der Waals surface area (Å²) in [6.07, 6.45) is 1.37. The number of hydrogen-bond acceptors (Lipinski definition) is 6. The number of aryl methyl sites for hydroxylation is 1. The highest BCUT2D eigenvalue weighted by molar-refractivity contribution is 6.40. The molecule has 0 spiro atoms. The van der Waals surface area contributed by atoms with Gasteiger partial charge in [-0.05, 0) is 68.3 Å². The van der Waals surface area contributed by atoms with Crippen LogP contribution in [0.2, 0.25) is 5.02 Å². The average molecular weight is 509 g/mol. The average Bonchev–Trinajstić information content (AvgIpc) is 3.11. The van der Waals surface area contributed by atoms with E-state index in [1.54, 1.807) is 61.7 Å². The molecule has 0 saturated carbocycles. The molecule has 0 bridgehead atoms. The van der Waals surface area contributed by atoms with Gasteiger partial charge in [-0.25, -0.2) is 9.69 Å². The van der Waals surface area contributed by atoms with Crippen LogP contribution in [0.4, 0.5) is 16.2 Å². The normalized spacial score (nSPS) is 14.9. The maximum Gasteiger partial charge on any atom is 0.335 e. The van der Waals surface area contributed by atoms with Crippen LogP contribution in [0.15, 0.2) is 48.0 Å². The largest absolute Gasteiger partial charge is 0.496 e. The number of halogens is 1. The van der Waals surface area contributed by atoms with Gasteiger partial charge in [0.05, 0.1) is 23.8 Å². The second kappa shape index (κ2) is 9.31. The Morgan fingerprint density at radius 2 is 1.78 bits per heavy atom. The van der Waals surface area contributed by atoms with Crippen molar-refractivity contribution in [3.8, 4) is 11.4 Å². The standard InChI is InChI=1S/C25H21ClN4O6/c1-13-10-16(15(3)28(13)21-9-8-17(36-4)12-22(21)30(34)35)11-18-23(31)27-25(33)29(24(18)32)20-7-5-6-19(26)14(20)2/h5-12H,1-4H3,(H,27,31,33)/b18-11+. The molecule has 2 heterocycles. The van der Waals surface area contributed by atoms with Gasteiger partial charge in [-0.3, -0.25) is 25.0 Å². The third-order valence-corrected chi connectivity index (χ3v) is 6.38. The van der Waals surface area contributed by atoms with E-state index >= 15 is 0 Å². The van der Waals surface area contributed by atoms with Crippen LogP contribution >= 0.6 is 11.6 Å². The summed E-state index contributed by atoms with van der Waals surface area (Å²) in [5.74, 6) is -1.32. The number of nitrogens with one attached hydrogen (secondary N) is 1. The molecule has 1 saturated heterocycles. The lowest BCUT2D eigenvalue weighted by atomic mass is 10.1. The zero-order chi connectivity index (χ0) is 26.3. The summed E-state index contributed by atoms with van der Waals surface area (Å²) in [7, 11) is 1.42. The molecule has 1 aliphatic heterocycles. The van der Waals surface area contributed by atoms with E-state index in [1.807, 2.05) is 0 Å². The van der Waals surface area contributed by atoms with E-state index in [1.165, 1.54) is 19.3 Å². The fourth-order valence-electron chi connectivity index (χ4n) is 4.14. The van der Waals surface area contributed by atoms with Crippen LogP contribution in [0, 0.1) is 30.9 Å². The van der Waals surface area contributed by atoms with E-state index in [4.69, 9.17) is 16.3 Å². The van der Waals surface area contributed by atoms with E-state index in [9.17, 15) is 24.5 Å². The number of imide groups is 2. The first-order valence-electron chi connectivity index (χ1n) is 10.7. The number of carbonyl (C=O) groups excluding carboxylic acids is 3. The summed E-state index contributed by atoms with van der Waals surface area (Å²) in [5.41, 5.74) is 2.28. The number of methoxy groups -OCH3 is 1. The van der Waals surface area contributed by atoms with Gasteiger partial charge < -0.3 is 9.30 Å². The number of carbonyl (C=O) groups is 3. The number of hydrogen-bond donors (Lipinski definition) is 1. The van der Waals surface area contributed by atoms with Gasteiger partial charge >= 0.3 is 6.03 Å². The number of rotatable bonds is 5. The Kier molecular flexibility index (Phi) is 6.38. The van der Waals surface area contributed by atoms with Crippen molar-refractivity contribution < 1.29 is 24.0 Å². The predicted octanol–water partition coefficient (Wildman–Crippen LogP) is 4.64. The van der Waals surface area contributed by atoms with Gasteiger partial charge in [-0.15, -0.1) is 0 Å². The summed E-state index contributed by atoms with van der Waals surface area (Å²) in [6, 6.07) is 10.1. The van der Waals surface area contributed by atoms with E-state index < -0.39 is 22.8 Å². The second-order valence-corrected chi connectivity index (χ2v) is 8.52. The minimum absolute atomic E-state index is 0.171. The lowest BCUT2D eigenvalue weighted by Crippen LogP contribution is -2.54. The zero-order valence-corrected chi connectivity index (χ0v) is 20.5. The van der Waals surface area contributed by atoms with Crippen molar-refractivity contribution in [3.63, 3.8) is 0 Å². The Morgan fingerprint density at radius 3 is 2.44 bits per heavy atom. The van der Waals surface area contributed by atoms with Crippen molar-refractivity contribution in [1.82, 2.24) is 9.88 Å². The van der Waals surface area contributed by atoms with Crippen LogP contribution in [0.25, 0.3) is 11.8 Å². The number of benzene rings is 2. The molecule has 0 atom stereocenters. The molecule has 11 heteroatoms. The third kappa shape index (κ3) is 4.11. The minimum atomic E-state index is -0.883. The van der Waals surface area contributed by atoms with Crippen LogP contribution < -0.4 is 15.0 Å². The molecule has 1 fully saturated rings. The number of nitro benzene ring substituents is 1. The molecular weight excluding hydrogens is 488 g/mol. The first-order chi connectivity index (χ1) is 17.0. The molecule has 184 valence electrons. The molecule has 1 aromatic heterocycles. The minimum Gasteiger partial charge on any atom is -0.496 e. The Balaban J connectivity index is 1.82. The summed E-state index contributed by atoms with van der Waals surface area (Å²) < 4.78 is 6.76. The number of anilines is 1. The summed E-state index contributed by atoms with van der Waals surface area (Å²) in [5, 5.41) is 14.3. The van der Waals surface area contributed by atoms with E-state index in [0.29, 0.717) is 39.0 Å². The van der Waals surface area contributed by atoms with Crippen molar-refractivity contribution in [1.29, 1.82) is 0 Å². The van der Waals surface area contributed by atoms with Gasteiger partial charge in [-0.1, -0.05) is 17.7 Å². The Bertz CT molecular complexity index is 1490. The highest BCUT2D eigenvalue weighted by atomic mass is 35.5. The molecule has 0 radical (unpaired) electrons. The fourth-order valence-corrected chi connectivity index (χ4v) is 4.31. The van der Waals surface area contributed by atoms with Gasteiger partial charge in [0, 0.05) is 16.4 Å². The molecule has 4 rings (SSSR count). The van der Waals surface area contributed by atoms with Crippen molar-refractivity contribution in [3.05, 3.63) is 85.7 Å². The molecule has 1 aliphatic rings. The zero-order valence-electron chi connectivity index (χ0n) is 19.8. The predicted molar refractivity (Wildman–Crippen MR) is 134 cm³/mol. The SMILES string of the molecule is COc1ccc(-n2c(C)cc(/C=C3\C(=O)NC(=O)N(c4cccc(Cl)c4C)C3=O)c2C)c([N+](=O)[O-])c1. The molecular formula is C25H21ClN4O6. The molecule has 4 amide bonds. The molecule has 1 N–H and O–H groups in total. The van der Waals surface area contributed by atoms with E-state index in [2.05, 4.69) is 5.32 Å². The van der Waals surface area contributed by atoms with Gasteiger partial charge in [0.25, 0.3) is 17.5 Å². The summed E-state index contributed by atoms with van der Waals surface area (Å²) in [4.78, 5) is 50.6. The van der Waals surface area contributed by atoms with Gasteiger partial charge in [0.15, 0.2) is 0 Å². The molecule has 36 heavy (non-hydrogen) atoms. The number of barbiturate groups is 1. The maximum atomic E-state index is 13.3. The summed E-state index contributed by atoms with van der Waals surface area (Å²) >= 11 is 6.17. The van der Waals surface area contributed by atoms with Crippen molar-refractivity contribution in [2.24, 2.45) is 0 Å². The van der Waals surface area contributed by atoms with Crippen molar-refractivity contribution >= 4 is 46.9 Å². The molecule has 10 nitrogen and oxygen atoms in total. The Labute approximate surface area is 210 Å². The van der Waals surface area contributed by atoms with Crippen LogP contribution in [-0.4, -0.2) is 34.4 Å². The lowest BCUT2D eigenvalue weighted by Gasteiger charge is -2.27. The monoisotopic (exact) mass is 508 g/mol. The van der Waals surface area contributed by atoms with Crippen LogP contribution in [0.5, 0.6) is 5.75 Å². The number of nitro groups is 1. The number of ether oxygens (including phenoxy) is 1. The second-order valence-electron chi connectivity index (χ2n) is 8.12. The summed E-state index contributed by atoms with van der Waals surface area (Å²) in [6.45, 7) is 5.12. The number of aromatic nitrogens is 1. The fraction of sp³-hybridized carbons (Fsp3) is 0.160. The van der Waals surface area contributed by atoms with Gasteiger partial charge in [0.1, 0.15) is 17.0 Å². The molecule has 2 aromatic carbocycles. The third-order valence-electron chi connectivity index (χ3n) is 5.97. The number of urea groups is 1. The van der Waals surface area contributed by atoms with Crippen LogP contribution in [0.3, 0.4) is 0 Å². The highest BCUT2D eigenvalue weighted by Gasteiger charge is 2.38. The van der Waals surface area contributed by atoms with Crippen molar-refractivity contribution in [2.45, 2.75) is 20.8 Å². The first kappa shape index (κ1) is 24.7. The van der Waals surface area contributed by atoms with E-state index in [-0.39, 0.29) is 16.9 Å². The lowest BCUT2D eigenvalue weighted by molar-refractivity contribution is -0.384. The Morgan fingerprint density at radius 1 is 1.06 bits per heavy atom. The molecule has 0 aliphatic carbocycles. The van der Waals surface area contributed by atoms with Gasteiger partial charge in [0.2, 0.25) is 0 Å². The number of amides is 4. The van der Waals surface area contributed by atoms with Gasteiger partial charge in [-0.2, -0.15) is 0 Å². The highest BCUT2D eigenvalue weighted by Crippen LogP contribution is 2.33. The maximum absolute atomic E-state index is 13.3. The van der Waals surface area contributed by atoms with Crippen molar-refractivity contribution in [2.75, 3.05) is 12.0 Å². The number of nitrogens with zero attached hydrogens (tertiary/aromatic N) is 3. The van der Waals surface area contributed by atoms with Crippen LogP contribution in [-0.2, 0) is 9.59 Å². The smallest absolute Gasteiger partial charge is 0.335 e. The van der Waals surface area contributed by atoms with Crippen LogP contribution in [0.1, 0.15) is 22.5 Å². The quantitative estimate of drug-likeness (QED) is 0.232.